The molecule has 0 fully saturated rings. The molecule has 2 aromatic rings. The second kappa shape index (κ2) is 7.96. The van der Waals surface area contributed by atoms with E-state index in [1.165, 1.54) is 0 Å². The Morgan fingerprint density at radius 3 is 2.48 bits per heavy atom. The Hall–Kier alpha value is -2.63. The third kappa shape index (κ3) is 5.74. The van der Waals surface area contributed by atoms with Gasteiger partial charge in [-0.2, -0.15) is 0 Å². The lowest BCUT2D eigenvalue weighted by atomic mass is 9.94. The highest BCUT2D eigenvalue weighted by molar-refractivity contribution is 5.83. The van der Waals surface area contributed by atoms with Crippen LogP contribution in [-0.2, 0) is 27.8 Å². The van der Waals surface area contributed by atoms with Gasteiger partial charge in [0.05, 0.1) is 6.20 Å². The van der Waals surface area contributed by atoms with E-state index in [0.717, 1.165) is 11.3 Å². The van der Waals surface area contributed by atoms with Gasteiger partial charge in [-0.25, -0.2) is 9.78 Å². The van der Waals surface area contributed by atoms with E-state index in [2.05, 4.69) is 10.3 Å². The second-order valence-corrected chi connectivity index (χ2v) is 7.02. The van der Waals surface area contributed by atoms with E-state index in [9.17, 15) is 14.7 Å². The number of rotatable bonds is 7. The first-order valence-electron chi connectivity index (χ1n) is 8.27. The van der Waals surface area contributed by atoms with Gasteiger partial charge in [-0.15, -0.1) is 0 Å². The summed E-state index contributed by atoms with van der Waals surface area (Å²) in [5.74, 6) is -0.146. The van der Waals surface area contributed by atoms with Crippen LogP contribution in [-0.4, -0.2) is 28.0 Å². The number of carbonyl (C=O) groups is 2. The highest BCUT2D eigenvalue weighted by atomic mass is 16.4. The Balaban J connectivity index is 1.89. The summed E-state index contributed by atoms with van der Waals surface area (Å²) >= 11 is 0. The molecule has 2 rings (SSSR count). The van der Waals surface area contributed by atoms with E-state index >= 15 is 0 Å². The summed E-state index contributed by atoms with van der Waals surface area (Å²) in [4.78, 5) is 27.6. The molecular weight excluding hydrogens is 320 g/mol. The summed E-state index contributed by atoms with van der Waals surface area (Å²) in [5.41, 5.74) is 0.718. The predicted molar refractivity (Wildman–Crippen MR) is 93.2 cm³/mol. The van der Waals surface area contributed by atoms with E-state index in [-0.39, 0.29) is 24.2 Å². The zero-order valence-corrected chi connectivity index (χ0v) is 14.8. The molecule has 25 heavy (non-hydrogen) atoms. The minimum absolute atomic E-state index is 0.128. The van der Waals surface area contributed by atoms with Crippen LogP contribution >= 0.6 is 0 Å². The van der Waals surface area contributed by atoms with Crippen LogP contribution in [0.1, 0.15) is 44.4 Å². The smallest absolute Gasteiger partial charge is 0.326 e. The largest absolute Gasteiger partial charge is 0.480 e. The molecule has 1 amide bonds. The minimum Gasteiger partial charge on any atom is -0.480 e. The normalized spacial score (nSPS) is 12.6. The number of aryl methyl sites for hydroxylation is 1. The van der Waals surface area contributed by atoms with Gasteiger partial charge in [0.15, 0.2) is 5.89 Å². The van der Waals surface area contributed by atoms with Gasteiger partial charge >= 0.3 is 5.97 Å². The fourth-order valence-electron chi connectivity index (χ4n) is 2.31. The lowest BCUT2D eigenvalue weighted by molar-refractivity contribution is -0.141. The standard InChI is InChI=1S/C19H24N2O4/c1-19(2,3)15-12-20-17(25-15)10-9-16(22)21-14(18(23)24)11-13-7-5-4-6-8-13/h4-8,12,14H,9-11H2,1-3H3,(H,21,22)(H,23,24)/t14-/m0/s1. The van der Waals surface area contributed by atoms with E-state index in [1.54, 1.807) is 6.20 Å². The van der Waals surface area contributed by atoms with Gasteiger partial charge < -0.3 is 14.8 Å². The number of amides is 1. The lowest BCUT2D eigenvalue weighted by Crippen LogP contribution is -2.42. The van der Waals surface area contributed by atoms with Gasteiger partial charge in [0.2, 0.25) is 5.91 Å². The van der Waals surface area contributed by atoms with E-state index in [4.69, 9.17) is 4.42 Å². The SMILES string of the molecule is CC(C)(C)c1cnc(CCC(=O)N[C@@H](Cc2ccccc2)C(=O)O)o1. The molecule has 134 valence electrons. The fraction of sp³-hybridized carbons (Fsp3) is 0.421. The van der Waals surface area contributed by atoms with Crippen molar-refractivity contribution in [2.75, 3.05) is 0 Å². The molecule has 0 saturated carbocycles. The van der Waals surface area contributed by atoms with Crippen LogP contribution in [0.25, 0.3) is 0 Å². The molecule has 6 nitrogen and oxygen atoms in total. The van der Waals surface area contributed by atoms with Crippen LogP contribution in [0.5, 0.6) is 0 Å². The molecule has 1 atom stereocenters. The molecule has 1 aromatic heterocycles. The van der Waals surface area contributed by atoms with Gasteiger partial charge in [0.25, 0.3) is 0 Å². The van der Waals surface area contributed by atoms with Crippen molar-refractivity contribution in [3.05, 3.63) is 53.7 Å². The van der Waals surface area contributed by atoms with Crippen LogP contribution < -0.4 is 5.32 Å². The van der Waals surface area contributed by atoms with Gasteiger partial charge in [-0.1, -0.05) is 51.1 Å². The van der Waals surface area contributed by atoms with Gasteiger partial charge in [-0.05, 0) is 5.56 Å². The number of aromatic nitrogens is 1. The summed E-state index contributed by atoms with van der Waals surface area (Å²) < 4.78 is 5.64. The molecule has 2 N–H and O–H groups in total. The average Bonchev–Trinajstić information content (AvgIpc) is 3.02. The number of aliphatic carboxylic acids is 1. The molecule has 0 aliphatic heterocycles. The average molecular weight is 344 g/mol. The number of carboxylic acid groups (broad SMARTS) is 1. The number of carbonyl (C=O) groups excluding carboxylic acids is 1. The number of nitrogens with zero attached hydrogens (tertiary/aromatic N) is 1. The maximum Gasteiger partial charge on any atom is 0.326 e. The summed E-state index contributed by atoms with van der Waals surface area (Å²) in [7, 11) is 0. The van der Waals surface area contributed by atoms with Crippen LogP contribution in [0.2, 0.25) is 0 Å². The molecule has 0 radical (unpaired) electrons. The summed E-state index contributed by atoms with van der Waals surface area (Å²) in [5, 5.41) is 11.9. The minimum atomic E-state index is -1.05. The van der Waals surface area contributed by atoms with Crippen molar-refractivity contribution < 1.29 is 19.1 Å². The highest BCUT2D eigenvalue weighted by Crippen LogP contribution is 2.22. The second-order valence-electron chi connectivity index (χ2n) is 7.02. The van der Waals surface area contributed by atoms with Crippen molar-refractivity contribution in [3.63, 3.8) is 0 Å². The first kappa shape index (κ1) is 18.7. The third-order valence-electron chi connectivity index (χ3n) is 3.77. The predicted octanol–water partition coefficient (Wildman–Crippen LogP) is 2.72. The molecule has 0 aliphatic rings. The zero-order chi connectivity index (χ0) is 18.4. The number of nitrogens with one attached hydrogen (secondary N) is 1. The van der Waals surface area contributed by atoms with Gasteiger partial charge in [0, 0.05) is 24.7 Å². The van der Waals surface area contributed by atoms with Crippen LogP contribution in [0, 0.1) is 0 Å². The Morgan fingerprint density at radius 1 is 1.24 bits per heavy atom. The van der Waals surface area contributed by atoms with Gasteiger partial charge in [-0.3, -0.25) is 4.79 Å². The molecule has 0 aliphatic carbocycles. The van der Waals surface area contributed by atoms with E-state index in [0.29, 0.717) is 12.3 Å². The number of carboxylic acids is 1. The Labute approximate surface area is 147 Å². The molecule has 6 heteroatoms. The monoisotopic (exact) mass is 344 g/mol. The topological polar surface area (TPSA) is 92.4 Å². The summed E-state index contributed by atoms with van der Waals surface area (Å²) in [6.45, 7) is 6.06. The molecule has 1 aromatic carbocycles. The van der Waals surface area contributed by atoms with E-state index in [1.807, 2.05) is 51.1 Å². The molecule has 0 unspecified atom stereocenters. The maximum absolute atomic E-state index is 12.1. The van der Waals surface area contributed by atoms with E-state index < -0.39 is 12.0 Å². The van der Waals surface area contributed by atoms with Crippen molar-refractivity contribution in [2.45, 2.75) is 51.5 Å². The van der Waals surface area contributed by atoms with Gasteiger partial charge in [0.1, 0.15) is 11.8 Å². The number of hydrogen-bond acceptors (Lipinski definition) is 4. The molecular formula is C19H24N2O4. The lowest BCUT2D eigenvalue weighted by Gasteiger charge is -2.14. The number of benzene rings is 1. The molecule has 0 spiro atoms. The van der Waals surface area contributed by atoms with Crippen LogP contribution in [0.15, 0.2) is 40.9 Å². The Bertz CT molecular complexity index is 717. The third-order valence-corrected chi connectivity index (χ3v) is 3.77. The van der Waals surface area contributed by atoms with Crippen molar-refractivity contribution >= 4 is 11.9 Å². The van der Waals surface area contributed by atoms with Crippen LogP contribution in [0.4, 0.5) is 0 Å². The summed E-state index contributed by atoms with van der Waals surface area (Å²) in [6, 6.07) is 8.26. The molecule has 0 saturated heterocycles. The van der Waals surface area contributed by atoms with Crippen molar-refractivity contribution in [1.29, 1.82) is 0 Å². The Kier molecular flexibility index (Phi) is 5.96. The highest BCUT2D eigenvalue weighted by Gasteiger charge is 2.22. The molecule has 0 bridgehead atoms. The first-order valence-corrected chi connectivity index (χ1v) is 8.27. The fourth-order valence-corrected chi connectivity index (χ4v) is 2.31. The summed E-state index contributed by atoms with van der Waals surface area (Å²) in [6.07, 6.45) is 2.38. The Morgan fingerprint density at radius 2 is 1.92 bits per heavy atom. The molecule has 1 heterocycles. The van der Waals surface area contributed by atoms with Crippen molar-refractivity contribution in [3.8, 4) is 0 Å². The van der Waals surface area contributed by atoms with Crippen molar-refractivity contribution in [1.82, 2.24) is 10.3 Å². The van der Waals surface area contributed by atoms with Crippen LogP contribution in [0.3, 0.4) is 0 Å². The zero-order valence-electron chi connectivity index (χ0n) is 14.8. The first-order chi connectivity index (χ1) is 11.8. The quantitative estimate of drug-likeness (QED) is 0.806. The number of oxazole rings is 1. The van der Waals surface area contributed by atoms with Crippen molar-refractivity contribution in [2.24, 2.45) is 0 Å². The number of hydrogen-bond donors (Lipinski definition) is 2. The maximum atomic E-state index is 12.1.